The van der Waals surface area contributed by atoms with Crippen LogP contribution >= 0.6 is 0 Å². The van der Waals surface area contributed by atoms with Gasteiger partial charge in [-0.15, -0.1) is 22.1 Å². The van der Waals surface area contributed by atoms with Crippen LogP contribution in [0.15, 0.2) is 66.7 Å². The number of aryl methyl sites for hydroxylation is 5. The van der Waals surface area contributed by atoms with Crippen LogP contribution in [0.5, 0.6) is 0 Å². The van der Waals surface area contributed by atoms with E-state index in [2.05, 4.69) is 129 Å². The Morgan fingerprint density at radius 3 is 1.37 bits per heavy atom. The minimum Gasteiger partial charge on any atom is -0.657 e. The summed E-state index contributed by atoms with van der Waals surface area (Å²) in [6, 6.07) is 24.2. The molecule has 2 aliphatic heterocycles. The predicted octanol–water partition coefficient (Wildman–Crippen LogP) is 14.0. The second-order valence-corrected chi connectivity index (χ2v) is 15.2. The van der Waals surface area contributed by atoms with Crippen molar-refractivity contribution < 1.29 is 16.5 Å². The molecule has 0 spiro atoms. The number of fused-ring (bicyclic) bond motifs is 8. The Balaban J connectivity index is 0.00000549. The van der Waals surface area contributed by atoms with E-state index in [1.165, 1.54) is 50.1 Å². The molecule has 0 fully saturated rings. The number of nitrogens with zero attached hydrogens (tertiary/aromatic N) is 4. The molecular weight excluding hydrogens is 739 g/mol. The third kappa shape index (κ3) is 7.31. The van der Waals surface area contributed by atoms with Crippen LogP contribution in [0.25, 0.3) is 66.6 Å². The Labute approximate surface area is 351 Å². The summed E-state index contributed by atoms with van der Waals surface area (Å²) in [7, 11) is 0. The van der Waals surface area contributed by atoms with E-state index in [4.69, 9.17) is 19.9 Å². The van der Waals surface area contributed by atoms with Crippen molar-refractivity contribution in [1.82, 2.24) is 19.9 Å². The van der Waals surface area contributed by atoms with Crippen LogP contribution in [-0.4, -0.2) is 9.97 Å². The Morgan fingerprint density at radius 1 is 0.439 bits per heavy atom. The van der Waals surface area contributed by atoms with E-state index in [1.807, 2.05) is 0 Å². The fourth-order valence-corrected chi connectivity index (χ4v) is 9.62. The maximum Gasteiger partial charge on any atom is 2.00 e. The molecule has 5 aromatic rings. The van der Waals surface area contributed by atoms with E-state index in [0.29, 0.717) is 0 Å². The second-order valence-electron chi connectivity index (χ2n) is 15.2. The van der Waals surface area contributed by atoms with Crippen molar-refractivity contribution in [2.45, 2.75) is 133 Å². The molecule has 7 rings (SSSR count). The fourth-order valence-electron chi connectivity index (χ4n) is 9.62. The molecule has 4 nitrogen and oxygen atoms in total. The number of hydrogen-bond acceptors (Lipinski definition) is 2. The first kappa shape index (κ1) is 42.1. The summed E-state index contributed by atoms with van der Waals surface area (Å²) in [6.45, 7) is 20.7. The molecule has 0 aliphatic carbocycles. The van der Waals surface area contributed by atoms with Gasteiger partial charge in [-0.2, -0.15) is 0 Å². The zero-order valence-corrected chi connectivity index (χ0v) is 36.7. The first-order valence-electron chi connectivity index (χ1n) is 21.7. The summed E-state index contributed by atoms with van der Waals surface area (Å²) in [6.07, 6.45) is 10.4. The summed E-state index contributed by atoms with van der Waals surface area (Å²) in [5.74, 6) is 0. The van der Waals surface area contributed by atoms with Crippen LogP contribution in [-0.2, 0) is 48.6 Å². The van der Waals surface area contributed by atoms with Gasteiger partial charge < -0.3 is 9.97 Å². The topological polar surface area (TPSA) is 54.0 Å². The average molecular weight is 800 g/mol. The number of rotatable bonds is 13. The second kappa shape index (κ2) is 18.4. The minimum absolute atomic E-state index is 0. The van der Waals surface area contributed by atoms with Crippen molar-refractivity contribution in [1.29, 1.82) is 0 Å². The van der Waals surface area contributed by atoms with Crippen molar-refractivity contribution in [3.63, 3.8) is 0 Å². The van der Waals surface area contributed by atoms with E-state index in [9.17, 15) is 0 Å². The van der Waals surface area contributed by atoms with Gasteiger partial charge in [-0.1, -0.05) is 158 Å². The average Bonchev–Trinajstić information content (AvgIpc) is 3.98. The Bertz CT molecular complexity index is 2480. The first-order valence-corrected chi connectivity index (χ1v) is 21.7. The van der Waals surface area contributed by atoms with Crippen LogP contribution < -0.4 is 9.97 Å². The van der Waals surface area contributed by atoms with E-state index in [1.54, 1.807) is 0 Å². The largest absolute Gasteiger partial charge is 2.00 e. The van der Waals surface area contributed by atoms with Gasteiger partial charge in [-0.3, -0.25) is 0 Å². The number of unbranched alkanes of at least 4 members (excludes halogenated alkanes) is 1. The molecule has 298 valence electrons. The molecule has 0 saturated carbocycles. The number of allylic oxidation sites excluding steroid dienone is 4. The number of hydrogen-bond donors (Lipinski definition) is 0. The quantitative estimate of drug-likeness (QED) is 0.111. The van der Waals surface area contributed by atoms with Gasteiger partial charge in [0.05, 0.1) is 22.8 Å². The Kier molecular flexibility index (Phi) is 13.6. The van der Waals surface area contributed by atoms with Crippen LogP contribution in [0.1, 0.15) is 151 Å². The molecule has 2 aromatic carbocycles. The molecule has 5 heterocycles. The SMILES string of the molecule is CCCCc1c2nc(c(-c3ccccc3)c3[n-]c(c(CC)c3CC)c(-c3ccccc3)c3nc(cc4[n-]c1c(CC)c4CC)C(CC)=C3CC)C(CC)=C2CC.[Ni+2]. The normalized spacial score (nSPS) is 12.8. The van der Waals surface area contributed by atoms with Crippen LogP contribution in [0, 0.1) is 0 Å². The van der Waals surface area contributed by atoms with Crippen molar-refractivity contribution >= 4 is 44.4 Å². The van der Waals surface area contributed by atoms with Gasteiger partial charge in [0, 0.05) is 0 Å². The van der Waals surface area contributed by atoms with E-state index < -0.39 is 0 Å². The molecule has 0 saturated heterocycles. The first-order chi connectivity index (χ1) is 27.4. The standard InChI is InChI=1S/C52H60N4.Ni/c1-10-19-30-42-47-36(13-4)34(11-2)43(53-47)31-44-35(12-3)37(14-5)49(54-44)45(32-26-22-20-23-27-32)51-40(17-8)41(18-9)52(56-51)46(33-28-24-21-25-29-33)50-39(16-7)38(15-6)48(42)55-50;/h20-29,31H,10-19,30H2,1-9H3;/q-2;+2. The molecule has 57 heavy (non-hydrogen) atoms. The maximum absolute atomic E-state index is 5.88. The van der Waals surface area contributed by atoms with Crippen LogP contribution in [0.2, 0.25) is 0 Å². The zero-order valence-electron chi connectivity index (χ0n) is 35.7. The van der Waals surface area contributed by atoms with E-state index in [0.717, 1.165) is 138 Å². The van der Waals surface area contributed by atoms with Gasteiger partial charge in [0.15, 0.2) is 0 Å². The molecule has 5 heteroatoms. The van der Waals surface area contributed by atoms with E-state index in [-0.39, 0.29) is 16.5 Å². The molecule has 8 bridgehead atoms. The summed E-state index contributed by atoms with van der Waals surface area (Å²) in [5.41, 5.74) is 25.2. The summed E-state index contributed by atoms with van der Waals surface area (Å²) >= 11 is 0. The Morgan fingerprint density at radius 2 is 0.895 bits per heavy atom. The summed E-state index contributed by atoms with van der Waals surface area (Å²) in [4.78, 5) is 23.1. The fraction of sp³-hybridized carbons (Fsp3) is 0.385. The maximum atomic E-state index is 5.88. The van der Waals surface area contributed by atoms with Gasteiger partial charge in [0.2, 0.25) is 0 Å². The van der Waals surface area contributed by atoms with Crippen molar-refractivity contribution in [2.75, 3.05) is 0 Å². The van der Waals surface area contributed by atoms with Crippen molar-refractivity contribution in [3.8, 4) is 22.3 Å². The molecule has 0 unspecified atom stereocenters. The van der Waals surface area contributed by atoms with Gasteiger partial charge in [0.25, 0.3) is 0 Å². The smallest absolute Gasteiger partial charge is 0.657 e. The number of benzene rings is 2. The molecular formula is C52H60N4Ni. The van der Waals surface area contributed by atoms with Crippen LogP contribution in [0.3, 0.4) is 0 Å². The minimum atomic E-state index is 0. The van der Waals surface area contributed by atoms with Crippen molar-refractivity contribution in [3.05, 3.63) is 117 Å². The molecule has 0 radical (unpaired) electrons. The zero-order chi connectivity index (χ0) is 39.5. The summed E-state index contributed by atoms with van der Waals surface area (Å²) < 4.78 is 0. The Hall–Kier alpha value is -4.47. The third-order valence-corrected chi connectivity index (χ3v) is 12.2. The molecule has 0 atom stereocenters. The molecule has 3 aromatic heterocycles. The van der Waals surface area contributed by atoms with Gasteiger partial charge >= 0.3 is 16.5 Å². The van der Waals surface area contributed by atoms with E-state index >= 15 is 0 Å². The predicted molar refractivity (Wildman–Crippen MR) is 241 cm³/mol. The summed E-state index contributed by atoms with van der Waals surface area (Å²) in [5, 5.41) is 0. The third-order valence-electron chi connectivity index (χ3n) is 12.2. The van der Waals surface area contributed by atoms with Gasteiger partial charge in [-0.25, -0.2) is 9.97 Å². The number of aromatic nitrogens is 4. The monoisotopic (exact) mass is 798 g/mol. The van der Waals surface area contributed by atoms with Crippen LogP contribution in [0.4, 0.5) is 0 Å². The molecule has 2 aliphatic rings. The molecule has 0 N–H and O–H groups in total. The van der Waals surface area contributed by atoms with Gasteiger partial charge in [-0.05, 0) is 114 Å². The molecule has 0 amide bonds. The van der Waals surface area contributed by atoms with Crippen molar-refractivity contribution in [2.24, 2.45) is 0 Å². The van der Waals surface area contributed by atoms with Gasteiger partial charge in [0.1, 0.15) is 0 Å².